The van der Waals surface area contributed by atoms with Crippen molar-refractivity contribution < 1.29 is 9.72 Å². The summed E-state index contributed by atoms with van der Waals surface area (Å²) in [5.74, 6) is -0.143. The SMILES string of the molecule is CC1=Cc2ccccc2N(C(=O)c2ccc([N+](=O)[O-])cc2)CC1. The molecule has 5 heteroatoms. The molecule has 2 aromatic carbocycles. The highest BCUT2D eigenvalue weighted by molar-refractivity contribution is 6.07. The second kappa shape index (κ2) is 6.04. The molecule has 1 heterocycles. The lowest BCUT2D eigenvalue weighted by molar-refractivity contribution is -0.384. The average Bonchev–Trinajstić information content (AvgIpc) is 2.72. The Balaban J connectivity index is 1.95. The number of non-ortho nitro benzene ring substituents is 1. The van der Waals surface area contributed by atoms with Gasteiger partial charge in [-0.15, -0.1) is 0 Å². The van der Waals surface area contributed by atoms with Crippen LogP contribution in [0, 0.1) is 10.1 Å². The summed E-state index contributed by atoms with van der Waals surface area (Å²) in [6, 6.07) is 13.5. The fourth-order valence-electron chi connectivity index (χ4n) is 2.69. The maximum Gasteiger partial charge on any atom is 0.269 e. The summed E-state index contributed by atoms with van der Waals surface area (Å²) in [6.07, 6.45) is 2.89. The number of benzene rings is 2. The van der Waals surface area contributed by atoms with Gasteiger partial charge in [-0.2, -0.15) is 0 Å². The monoisotopic (exact) mass is 308 g/mol. The van der Waals surface area contributed by atoms with E-state index in [9.17, 15) is 14.9 Å². The highest BCUT2D eigenvalue weighted by Crippen LogP contribution is 2.29. The largest absolute Gasteiger partial charge is 0.307 e. The fourth-order valence-corrected chi connectivity index (χ4v) is 2.69. The number of carbonyl (C=O) groups is 1. The van der Waals surface area contributed by atoms with Crippen molar-refractivity contribution >= 4 is 23.4 Å². The molecule has 0 atom stereocenters. The molecule has 0 spiro atoms. The van der Waals surface area contributed by atoms with Crippen LogP contribution in [0.4, 0.5) is 11.4 Å². The minimum absolute atomic E-state index is 0.0182. The van der Waals surface area contributed by atoms with Gasteiger partial charge in [-0.3, -0.25) is 14.9 Å². The van der Waals surface area contributed by atoms with E-state index in [1.165, 1.54) is 29.8 Å². The first-order valence-electron chi connectivity index (χ1n) is 7.39. The minimum Gasteiger partial charge on any atom is -0.307 e. The zero-order chi connectivity index (χ0) is 16.4. The van der Waals surface area contributed by atoms with Gasteiger partial charge in [0.1, 0.15) is 0 Å². The van der Waals surface area contributed by atoms with Crippen LogP contribution in [0.5, 0.6) is 0 Å². The van der Waals surface area contributed by atoms with Crippen molar-refractivity contribution in [3.8, 4) is 0 Å². The topological polar surface area (TPSA) is 63.5 Å². The Labute approximate surface area is 134 Å². The number of hydrogen-bond donors (Lipinski definition) is 0. The molecule has 0 fully saturated rings. The number of amides is 1. The minimum atomic E-state index is -0.469. The van der Waals surface area contributed by atoms with Gasteiger partial charge >= 0.3 is 0 Å². The molecule has 2 aromatic rings. The van der Waals surface area contributed by atoms with Gasteiger partial charge in [-0.05, 0) is 37.1 Å². The molecule has 0 unspecified atom stereocenters. The molecule has 3 rings (SSSR count). The summed E-state index contributed by atoms with van der Waals surface area (Å²) >= 11 is 0. The number of nitro benzene ring substituents is 1. The van der Waals surface area contributed by atoms with Crippen molar-refractivity contribution in [3.63, 3.8) is 0 Å². The lowest BCUT2D eigenvalue weighted by Crippen LogP contribution is -2.32. The maximum absolute atomic E-state index is 12.8. The lowest BCUT2D eigenvalue weighted by Gasteiger charge is -2.23. The van der Waals surface area contributed by atoms with E-state index in [-0.39, 0.29) is 11.6 Å². The predicted octanol–water partition coefficient (Wildman–Crippen LogP) is 4.05. The smallest absolute Gasteiger partial charge is 0.269 e. The lowest BCUT2D eigenvalue weighted by atomic mass is 10.1. The molecular formula is C18H16N2O3. The zero-order valence-corrected chi connectivity index (χ0v) is 12.7. The second-order valence-electron chi connectivity index (χ2n) is 5.56. The van der Waals surface area contributed by atoms with Gasteiger partial charge in [-0.1, -0.05) is 29.8 Å². The molecular weight excluding hydrogens is 292 g/mol. The standard InChI is InChI=1S/C18H16N2O3/c1-13-10-11-19(17-5-3-2-4-15(17)12-13)18(21)14-6-8-16(9-7-14)20(22)23/h2-9,12H,10-11H2,1H3. The van der Waals surface area contributed by atoms with Crippen LogP contribution in [0.15, 0.2) is 54.1 Å². The van der Waals surface area contributed by atoms with E-state index in [2.05, 4.69) is 13.0 Å². The van der Waals surface area contributed by atoms with Crippen LogP contribution in [0.2, 0.25) is 0 Å². The van der Waals surface area contributed by atoms with Gasteiger partial charge in [0.05, 0.1) is 10.6 Å². The van der Waals surface area contributed by atoms with Crippen molar-refractivity contribution in [1.29, 1.82) is 0 Å². The van der Waals surface area contributed by atoms with Crippen molar-refractivity contribution in [2.45, 2.75) is 13.3 Å². The summed E-state index contributed by atoms with van der Waals surface area (Å²) in [6.45, 7) is 2.64. The maximum atomic E-state index is 12.8. The van der Waals surface area contributed by atoms with Gasteiger partial charge in [0.2, 0.25) is 0 Å². The van der Waals surface area contributed by atoms with E-state index >= 15 is 0 Å². The Morgan fingerprint density at radius 3 is 2.52 bits per heavy atom. The predicted molar refractivity (Wildman–Crippen MR) is 89.5 cm³/mol. The molecule has 116 valence electrons. The molecule has 0 aliphatic carbocycles. The van der Waals surface area contributed by atoms with Crippen LogP contribution in [-0.2, 0) is 0 Å². The first kappa shape index (κ1) is 15.0. The van der Waals surface area contributed by atoms with Gasteiger partial charge in [-0.25, -0.2) is 0 Å². The highest BCUT2D eigenvalue weighted by Gasteiger charge is 2.22. The Morgan fingerprint density at radius 2 is 1.83 bits per heavy atom. The number of fused-ring (bicyclic) bond motifs is 1. The molecule has 1 aliphatic rings. The molecule has 0 saturated heterocycles. The van der Waals surface area contributed by atoms with Crippen molar-refractivity contribution in [1.82, 2.24) is 0 Å². The summed E-state index contributed by atoms with van der Waals surface area (Å²) in [7, 11) is 0. The molecule has 0 aromatic heterocycles. The molecule has 0 radical (unpaired) electrons. The van der Waals surface area contributed by atoms with Crippen LogP contribution in [0.25, 0.3) is 6.08 Å². The van der Waals surface area contributed by atoms with Crippen LogP contribution < -0.4 is 4.90 Å². The van der Waals surface area contributed by atoms with Crippen LogP contribution in [-0.4, -0.2) is 17.4 Å². The van der Waals surface area contributed by atoms with Crippen LogP contribution >= 0.6 is 0 Å². The summed E-state index contributed by atoms with van der Waals surface area (Å²) in [5, 5.41) is 10.7. The third-order valence-electron chi connectivity index (χ3n) is 3.93. The number of carbonyl (C=O) groups excluding carboxylic acids is 1. The Kier molecular flexibility index (Phi) is 3.93. The number of nitro groups is 1. The normalized spacial score (nSPS) is 13.8. The zero-order valence-electron chi connectivity index (χ0n) is 12.7. The number of nitrogens with zero attached hydrogens (tertiary/aromatic N) is 2. The first-order chi connectivity index (χ1) is 11.1. The number of para-hydroxylation sites is 1. The van der Waals surface area contributed by atoms with E-state index in [0.29, 0.717) is 12.1 Å². The van der Waals surface area contributed by atoms with Gasteiger partial charge in [0, 0.05) is 24.2 Å². The van der Waals surface area contributed by atoms with Gasteiger partial charge < -0.3 is 4.90 Å². The van der Waals surface area contributed by atoms with Crippen LogP contribution in [0.1, 0.15) is 29.3 Å². The molecule has 23 heavy (non-hydrogen) atoms. The summed E-state index contributed by atoms with van der Waals surface area (Å²) in [4.78, 5) is 24.8. The third-order valence-corrected chi connectivity index (χ3v) is 3.93. The van der Waals surface area contributed by atoms with Gasteiger partial charge in [0.25, 0.3) is 11.6 Å². The number of hydrogen-bond acceptors (Lipinski definition) is 3. The Hall–Kier alpha value is -2.95. The molecule has 5 nitrogen and oxygen atoms in total. The summed E-state index contributed by atoms with van der Waals surface area (Å²) < 4.78 is 0. The van der Waals surface area contributed by atoms with Crippen molar-refractivity contribution in [3.05, 3.63) is 75.3 Å². The number of rotatable bonds is 2. The Bertz CT molecular complexity index is 794. The highest BCUT2D eigenvalue weighted by atomic mass is 16.6. The fraction of sp³-hybridized carbons (Fsp3) is 0.167. The first-order valence-corrected chi connectivity index (χ1v) is 7.39. The molecule has 1 amide bonds. The molecule has 0 N–H and O–H groups in total. The third kappa shape index (κ3) is 2.99. The summed E-state index contributed by atoms with van der Waals surface area (Å²) in [5.41, 5.74) is 3.53. The van der Waals surface area contributed by atoms with E-state index in [0.717, 1.165) is 17.7 Å². The van der Waals surface area contributed by atoms with E-state index in [1.54, 1.807) is 4.90 Å². The van der Waals surface area contributed by atoms with E-state index in [4.69, 9.17) is 0 Å². The molecule has 0 bridgehead atoms. The number of anilines is 1. The quantitative estimate of drug-likeness (QED) is 0.621. The molecule has 0 saturated carbocycles. The van der Waals surface area contributed by atoms with Crippen molar-refractivity contribution in [2.75, 3.05) is 11.4 Å². The van der Waals surface area contributed by atoms with Crippen molar-refractivity contribution in [2.24, 2.45) is 0 Å². The van der Waals surface area contributed by atoms with Gasteiger partial charge in [0.15, 0.2) is 0 Å². The van der Waals surface area contributed by atoms with E-state index in [1.807, 2.05) is 24.3 Å². The van der Waals surface area contributed by atoms with E-state index < -0.39 is 4.92 Å². The Morgan fingerprint density at radius 1 is 1.13 bits per heavy atom. The molecule has 1 aliphatic heterocycles. The van der Waals surface area contributed by atoms with Crippen LogP contribution in [0.3, 0.4) is 0 Å². The average molecular weight is 308 g/mol. The second-order valence-corrected chi connectivity index (χ2v) is 5.56.